The minimum Gasteiger partial charge on any atom is -0.488 e. The van der Waals surface area contributed by atoms with E-state index in [2.05, 4.69) is 4.98 Å². The summed E-state index contributed by atoms with van der Waals surface area (Å²) in [6, 6.07) is 21.4. The highest BCUT2D eigenvalue weighted by Crippen LogP contribution is 2.36. The Morgan fingerprint density at radius 2 is 1.84 bits per heavy atom. The van der Waals surface area contributed by atoms with Gasteiger partial charge in [0.25, 0.3) is 0 Å². The van der Waals surface area contributed by atoms with Gasteiger partial charge in [0, 0.05) is 22.5 Å². The van der Waals surface area contributed by atoms with Crippen molar-refractivity contribution in [2.45, 2.75) is 20.5 Å². The van der Waals surface area contributed by atoms with Gasteiger partial charge in [0.05, 0.1) is 29.7 Å². The van der Waals surface area contributed by atoms with Gasteiger partial charge < -0.3 is 14.0 Å². The van der Waals surface area contributed by atoms with Gasteiger partial charge in [-0.05, 0) is 55.8 Å². The summed E-state index contributed by atoms with van der Waals surface area (Å²) < 4.78 is 13.3. The lowest BCUT2D eigenvalue weighted by molar-refractivity contribution is 0.0526. The minimum absolute atomic E-state index is 0.307. The molecule has 0 saturated heterocycles. The first-order valence-electron chi connectivity index (χ1n) is 10.3. The third kappa shape index (κ3) is 4.68. The highest BCUT2D eigenvalue weighted by molar-refractivity contribution is 6.31. The van der Waals surface area contributed by atoms with Crippen molar-refractivity contribution in [3.05, 3.63) is 101 Å². The SMILES string of the molecule is CCOC(=O)c1cncc(-n2c(C)ccc2-c2cc(Cl)ccc2OCc2ccccc2)c1. The van der Waals surface area contributed by atoms with Crippen molar-refractivity contribution >= 4 is 17.6 Å². The molecule has 0 fully saturated rings. The summed E-state index contributed by atoms with van der Waals surface area (Å²) in [6.45, 7) is 4.52. The smallest absolute Gasteiger partial charge is 0.339 e. The van der Waals surface area contributed by atoms with E-state index < -0.39 is 5.97 Å². The number of esters is 1. The normalized spacial score (nSPS) is 10.7. The van der Waals surface area contributed by atoms with Gasteiger partial charge in [0.1, 0.15) is 12.4 Å². The van der Waals surface area contributed by atoms with E-state index in [1.165, 1.54) is 6.20 Å². The monoisotopic (exact) mass is 446 g/mol. The van der Waals surface area contributed by atoms with Crippen LogP contribution in [0, 0.1) is 6.92 Å². The number of halogens is 1. The van der Waals surface area contributed by atoms with E-state index in [-0.39, 0.29) is 0 Å². The first-order valence-corrected chi connectivity index (χ1v) is 10.7. The van der Waals surface area contributed by atoms with Gasteiger partial charge in [-0.15, -0.1) is 0 Å². The Balaban J connectivity index is 1.74. The molecule has 0 atom stereocenters. The third-order valence-corrected chi connectivity index (χ3v) is 5.26. The quantitative estimate of drug-likeness (QED) is 0.314. The maximum Gasteiger partial charge on any atom is 0.339 e. The Kier molecular flexibility index (Phi) is 6.57. The van der Waals surface area contributed by atoms with E-state index >= 15 is 0 Å². The van der Waals surface area contributed by atoms with Crippen LogP contribution >= 0.6 is 11.6 Å². The average Bonchev–Trinajstić information content (AvgIpc) is 3.20. The van der Waals surface area contributed by atoms with Gasteiger partial charge in [0.2, 0.25) is 0 Å². The zero-order chi connectivity index (χ0) is 22.5. The summed E-state index contributed by atoms with van der Waals surface area (Å²) in [7, 11) is 0. The fourth-order valence-corrected chi connectivity index (χ4v) is 3.70. The van der Waals surface area contributed by atoms with Gasteiger partial charge in [-0.2, -0.15) is 0 Å². The van der Waals surface area contributed by atoms with Crippen molar-refractivity contribution in [2.75, 3.05) is 6.61 Å². The molecule has 0 N–H and O–H groups in total. The van der Waals surface area contributed by atoms with Crippen LogP contribution in [0.15, 0.2) is 79.1 Å². The number of hydrogen-bond donors (Lipinski definition) is 0. The predicted molar refractivity (Wildman–Crippen MR) is 125 cm³/mol. The van der Waals surface area contributed by atoms with Crippen LogP contribution in [0.5, 0.6) is 5.75 Å². The number of rotatable bonds is 7. The summed E-state index contributed by atoms with van der Waals surface area (Å²) >= 11 is 6.35. The fraction of sp³-hybridized carbons (Fsp3) is 0.154. The molecule has 2 heterocycles. The van der Waals surface area contributed by atoms with Crippen molar-refractivity contribution in [1.82, 2.24) is 9.55 Å². The van der Waals surface area contributed by atoms with Crippen molar-refractivity contribution in [1.29, 1.82) is 0 Å². The maximum atomic E-state index is 12.2. The second kappa shape index (κ2) is 9.71. The summed E-state index contributed by atoms with van der Waals surface area (Å²) in [6.07, 6.45) is 3.22. The van der Waals surface area contributed by atoms with Crippen LogP contribution in [0.25, 0.3) is 16.9 Å². The molecule has 0 aliphatic rings. The van der Waals surface area contributed by atoms with Crippen LogP contribution in [0.1, 0.15) is 28.5 Å². The van der Waals surface area contributed by atoms with Crippen molar-refractivity contribution < 1.29 is 14.3 Å². The molecule has 6 heteroatoms. The number of carbonyl (C=O) groups excluding carboxylic acids is 1. The Hall–Kier alpha value is -3.57. The number of nitrogens with zero attached hydrogens (tertiary/aromatic N) is 2. The molecule has 0 bridgehead atoms. The lowest BCUT2D eigenvalue weighted by Gasteiger charge is -2.16. The van der Waals surface area contributed by atoms with Gasteiger partial charge >= 0.3 is 5.97 Å². The molecular formula is C26H23ClN2O3. The lowest BCUT2D eigenvalue weighted by Crippen LogP contribution is -2.07. The molecule has 0 saturated carbocycles. The molecule has 0 spiro atoms. The second-order valence-electron chi connectivity index (χ2n) is 7.26. The van der Waals surface area contributed by atoms with Crippen LogP contribution in [0.3, 0.4) is 0 Å². The Morgan fingerprint density at radius 3 is 2.62 bits per heavy atom. The van der Waals surface area contributed by atoms with E-state index in [1.807, 2.05) is 72.2 Å². The van der Waals surface area contributed by atoms with Gasteiger partial charge in [-0.1, -0.05) is 41.9 Å². The number of pyridine rings is 1. The number of ether oxygens (including phenoxy) is 2. The van der Waals surface area contributed by atoms with Crippen molar-refractivity contribution in [3.63, 3.8) is 0 Å². The molecule has 2 aromatic heterocycles. The molecule has 32 heavy (non-hydrogen) atoms. The first-order chi connectivity index (χ1) is 15.6. The van der Waals surface area contributed by atoms with Crippen molar-refractivity contribution in [2.24, 2.45) is 0 Å². The molecule has 0 aliphatic carbocycles. The summed E-state index contributed by atoms with van der Waals surface area (Å²) in [5.41, 5.74) is 4.94. The zero-order valence-electron chi connectivity index (χ0n) is 17.9. The van der Waals surface area contributed by atoms with Crippen molar-refractivity contribution in [3.8, 4) is 22.7 Å². The van der Waals surface area contributed by atoms with Gasteiger partial charge in [-0.25, -0.2) is 4.79 Å². The Morgan fingerprint density at radius 1 is 1.03 bits per heavy atom. The third-order valence-electron chi connectivity index (χ3n) is 5.02. The lowest BCUT2D eigenvalue weighted by atomic mass is 10.1. The molecule has 162 valence electrons. The topological polar surface area (TPSA) is 53.3 Å². The summed E-state index contributed by atoms with van der Waals surface area (Å²) in [5, 5.41) is 0.607. The molecule has 0 aliphatic heterocycles. The van der Waals surface area contributed by atoms with E-state index in [0.717, 1.165) is 28.2 Å². The van der Waals surface area contributed by atoms with E-state index in [0.29, 0.717) is 29.5 Å². The number of aryl methyl sites for hydroxylation is 1. The Labute approximate surface area is 192 Å². The molecule has 0 unspecified atom stereocenters. The molecule has 2 aromatic carbocycles. The molecule has 4 aromatic rings. The van der Waals surface area contributed by atoms with E-state index in [4.69, 9.17) is 21.1 Å². The minimum atomic E-state index is -0.400. The number of hydrogen-bond acceptors (Lipinski definition) is 4. The van der Waals surface area contributed by atoms with Crippen LogP contribution in [-0.2, 0) is 11.3 Å². The molecule has 0 amide bonds. The van der Waals surface area contributed by atoms with Crippen LogP contribution in [0.4, 0.5) is 0 Å². The average molecular weight is 447 g/mol. The molecule has 4 rings (SSSR count). The molecular weight excluding hydrogens is 424 g/mol. The van der Waals surface area contributed by atoms with Crippen LogP contribution in [-0.4, -0.2) is 22.1 Å². The fourth-order valence-electron chi connectivity index (χ4n) is 3.53. The van der Waals surface area contributed by atoms with Gasteiger partial charge in [0.15, 0.2) is 0 Å². The van der Waals surface area contributed by atoms with E-state index in [9.17, 15) is 4.79 Å². The maximum absolute atomic E-state index is 12.2. The molecule has 5 nitrogen and oxygen atoms in total. The highest BCUT2D eigenvalue weighted by Gasteiger charge is 2.17. The summed E-state index contributed by atoms with van der Waals surface area (Å²) in [4.78, 5) is 16.5. The van der Waals surface area contributed by atoms with Crippen LogP contribution < -0.4 is 4.74 Å². The number of carbonyl (C=O) groups is 1. The van der Waals surface area contributed by atoms with E-state index in [1.54, 1.807) is 19.2 Å². The Bertz CT molecular complexity index is 1240. The van der Waals surface area contributed by atoms with Crippen LogP contribution in [0.2, 0.25) is 5.02 Å². The summed E-state index contributed by atoms with van der Waals surface area (Å²) in [5.74, 6) is 0.315. The first kappa shape index (κ1) is 21.7. The standard InChI is InChI=1S/C26H23ClN2O3/c1-3-31-26(30)20-13-22(16-28-15-20)29-18(2)9-11-24(29)23-14-21(27)10-12-25(23)32-17-19-7-5-4-6-8-19/h4-16H,3,17H2,1-2H3. The zero-order valence-corrected chi connectivity index (χ0v) is 18.7. The molecule has 0 radical (unpaired) electrons. The number of benzene rings is 2. The predicted octanol–water partition coefficient (Wildman–Crippen LogP) is 6.26. The highest BCUT2D eigenvalue weighted by atomic mass is 35.5. The second-order valence-corrected chi connectivity index (χ2v) is 7.70. The largest absolute Gasteiger partial charge is 0.488 e. The number of aromatic nitrogens is 2. The van der Waals surface area contributed by atoms with Gasteiger partial charge in [-0.3, -0.25) is 4.98 Å².